The van der Waals surface area contributed by atoms with Crippen LogP contribution in [0.4, 0.5) is 5.95 Å². The van der Waals surface area contributed by atoms with E-state index in [2.05, 4.69) is 25.9 Å². The number of anilines is 1. The highest BCUT2D eigenvalue weighted by atomic mass is 15.1. The number of nitrogens with zero attached hydrogens (tertiary/aromatic N) is 2. The van der Waals surface area contributed by atoms with Crippen LogP contribution in [-0.2, 0) is 0 Å². The van der Waals surface area contributed by atoms with Crippen LogP contribution in [0.5, 0.6) is 0 Å². The van der Waals surface area contributed by atoms with E-state index in [4.69, 9.17) is 10.7 Å². The summed E-state index contributed by atoms with van der Waals surface area (Å²) in [5, 5.41) is 23.4. The molecule has 0 aliphatic heterocycles. The van der Waals surface area contributed by atoms with E-state index in [9.17, 15) is 0 Å². The van der Waals surface area contributed by atoms with Crippen LogP contribution in [0.3, 0.4) is 0 Å². The third kappa shape index (κ3) is 4.52. The van der Waals surface area contributed by atoms with Gasteiger partial charge in [-0.1, -0.05) is 0 Å². The van der Waals surface area contributed by atoms with Gasteiger partial charge in [-0.3, -0.25) is 10.7 Å². The maximum absolute atomic E-state index is 8.20. The average molecular weight is 207 g/mol. The first-order valence-electron chi connectivity index (χ1n) is 4.53. The van der Waals surface area contributed by atoms with E-state index in [1.165, 1.54) is 0 Å². The summed E-state index contributed by atoms with van der Waals surface area (Å²) < 4.78 is 0. The predicted molar refractivity (Wildman–Crippen MR) is 56.2 cm³/mol. The Bertz CT molecular complexity index is 323. The van der Waals surface area contributed by atoms with Crippen LogP contribution in [-0.4, -0.2) is 29.0 Å². The van der Waals surface area contributed by atoms with Gasteiger partial charge in [-0.25, -0.2) is 4.98 Å². The second-order valence-electron chi connectivity index (χ2n) is 2.76. The molecule has 5 N–H and O–H groups in total. The fourth-order valence-corrected chi connectivity index (χ4v) is 0.971. The second kappa shape index (κ2) is 6.26. The molecule has 0 saturated heterocycles. The first kappa shape index (κ1) is 10.8. The Kier molecular flexibility index (Phi) is 4.53. The number of aromatic amines is 1. The molecule has 0 bridgehead atoms. The van der Waals surface area contributed by atoms with Gasteiger partial charge in [0.15, 0.2) is 12.1 Å². The van der Waals surface area contributed by atoms with E-state index in [1.807, 2.05) is 0 Å². The van der Waals surface area contributed by atoms with Crippen molar-refractivity contribution in [3.05, 3.63) is 12.4 Å². The number of rotatable bonds is 5. The molecule has 1 aromatic rings. The third-order valence-electron chi connectivity index (χ3n) is 1.63. The zero-order chi connectivity index (χ0) is 10.9. The Labute approximate surface area is 87.4 Å². The third-order valence-corrected chi connectivity index (χ3v) is 1.63. The molecule has 1 aromatic heterocycles. The van der Waals surface area contributed by atoms with Crippen molar-refractivity contribution >= 4 is 11.9 Å². The highest BCUT2D eigenvalue weighted by Gasteiger charge is 1.94. The number of imidazole rings is 1. The molecule has 0 spiro atoms. The molecular formula is C8H13N7. The van der Waals surface area contributed by atoms with Crippen molar-refractivity contribution in [3.8, 4) is 6.19 Å². The van der Waals surface area contributed by atoms with Gasteiger partial charge in [0.25, 0.3) is 0 Å². The summed E-state index contributed by atoms with van der Waals surface area (Å²) in [6, 6.07) is 0. The maximum atomic E-state index is 8.20. The van der Waals surface area contributed by atoms with Gasteiger partial charge < -0.3 is 15.6 Å². The molecule has 7 heteroatoms. The lowest BCUT2D eigenvalue weighted by Crippen LogP contribution is -2.34. The molecule has 15 heavy (non-hydrogen) atoms. The lowest BCUT2D eigenvalue weighted by molar-refractivity contribution is 0.784. The normalized spacial score (nSPS) is 9.00. The summed E-state index contributed by atoms with van der Waals surface area (Å²) in [7, 11) is 0. The molecule has 0 aliphatic carbocycles. The molecule has 0 aliphatic rings. The van der Waals surface area contributed by atoms with Crippen molar-refractivity contribution in [3.63, 3.8) is 0 Å². The van der Waals surface area contributed by atoms with E-state index in [0.29, 0.717) is 6.54 Å². The molecule has 7 nitrogen and oxygen atoms in total. The largest absolute Gasteiger partial charge is 0.356 e. The fraction of sp³-hybridized carbons (Fsp3) is 0.375. The summed E-state index contributed by atoms with van der Waals surface area (Å²) in [6.07, 6.45) is 5.91. The van der Waals surface area contributed by atoms with E-state index < -0.39 is 0 Å². The zero-order valence-corrected chi connectivity index (χ0v) is 8.17. The lowest BCUT2D eigenvalue weighted by Gasteiger charge is -2.05. The quantitative estimate of drug-likeness (QED) is 0.151. The van der Waals surface area contributed by atoms with Crippen molar-refractivity contribution in [1.29, 1.82) is 10.7 Å². The van der Waals surface area contributed by atoms with Crippen molar-refractivity contribution < 1.29 is 0 Å². The Balaban J connectivity index is 1.98. The zero-order valence-electron chi connectivity index (χ0n) is 8.17. The Morgan fingerprint density at radius 1 is 1.60 bits per heavy atom. The van der Waals surface area contributed by atoms with Gasteiger partial charge in [0.05, 0.1) is 0 Å². The van der Waals surface area contributed by atoms with Crippen molar-refractivity contribution in [2.24, 2.45) is 0 Å². The van der Waals surface area contributed by atoms with Crippen LogP contribution in [0, 0.1) is 16.9 Å². The summed E-state index contributed by atoms with van der Waals surface area (Å²) in [5.74, 6) is 0.760. The monoisotopic (exact) mass is 207 g/mol. The number of H-pyrrole nitrogens is 1. The molecule has 1 heterocycles. The number of aromatic nitrogens is 2. The van der Waals surface area contributed by atoms with E-state index in [1.54, 1.807) is 18.6 Å². The van der Waals surface area contributed by atoms with Gasteiger partial charge >= 0.3 is 0 Å². The molecule has 0 saturated carbocycles. The molecule has 0 amide bonds. The summed E-state index contributed by atoms with van der Waals surface area (Å²) >= 11 is 0. The average Bonchev–Trinajstić information content (AvgIpc) is 2.70. The van der Waals surface area contributed by atoms with Crippen molar-refractivity contribution in [2.45, 2.75) is 6.42 Å². The lowest BCUT2D eigenvalue weighted by atomic mass is 10.4. The van der Waals surface area contributed by atoms with Gasteiger partial charge in [-0.2, -0.15) is 5.26 Å². The first-order chi connectivity index (χ1) is 7.33. The van der Waals surface area contributed by atoms with Crippen LogP contribution in [0.25, 0.3) is 0 Å². The maximum Gasteiger partial charge on any atom is 0.201 e. The topological polar surface area (TPSA) is 112 Å². The van der Waals surface area contributed by atoms with E-state index in [-0.39, 0.29) is 5.96 Å². The number of nitrogens with one attached hydrogen (secondary N) is 5. The molecule has 80 valence electrons. The van der Waals surface area contributed by atoms with Gasteiger partial charge in [0, 0.05) is 25.5 Å². The fourth-order valence-electron chi connectivity index (χ4n) is 0.971. The minimum atomic E-state index is 0.0236. The highest BCUT2D eigenvalue weighted by molar-refractivity contribution is 5.77. The van der Waals surface area contributed by atoms with Crippen LogP contribution in [0.1, 0.15) is 6.42 Å². The Hall–Kier alpha value is -2.23. The van der Waals surface area contributed by atoms with Crippen molar-refractivity contribution in [1.82, 2.24) is 20.6 Å². The number of nitriles is 1. The van der Waals surface area contributed by atoms with E-state index >= 15 is 0 Å². The van der Waals surface area contributed by atoms with Gasteiger partial charge in [-0.05, 0) is 6.42 Å². The van der Waals surface area contributed by atoms with Crippen LogP contribution in [0.15, 0.2) is 12.4 Å². The number of guanidine groups is 1. The minimum absolute atomic E-state index is 0.0236. The second-order valence-corrected chi connectivity index (χ2v) is 2.76. The van der Waals surface area contributed by atoms with Crippen molar-refractivity contribution in [2.75, 3.05) is 18.4 Å². The minimum Gasteiger partial charge on any atom is -0.356 e. The number of hydrogen-bond donors (Lipinski definition) is 5. The van der Waals surface area contributed by atoms with Gasteiger partial charge in [0.1, 0.15) is 0 Å². The molecule has 1 rings (SSSR count). The first-order valence-corrected chi connectivity index (χ1v) is 4.53. The predicted octanol–water partition coefficient (Wildman–Crippen LogP) is -0.193. The summed E-state index contributed by atoms with van der Waals surface area (Å²) in [5.41, 5.74) is 0. The molecule has 0 fully saturated rings. The Morgan fingerprint density at radius 3 is 3.13 bits per heavy atom. The van der Waals surface area contributed by atoms with Crippen LogP contribution in [0.2, 0.25) is 0 Å². The molecule has 0 radical (unpaired) electrons. The molecule has 0 aromatic carbocycles. The highest BCUT2D eigenvalue weighted by Crippen LogP contribution is 1.93. The van der Waals surface area contributed by atoms with Gasteiger partial charge in [0.2, 0.25) is 5.96 Å². The smallest absolute Gasteiger partial charge is 0.201 e. The Morgan fingerprint density at radius 2 is 2.47 bits per heavy atom. The molecule has 0 atom stereocenters. The molecular weight excluding hydrogens is 194 g/mol. The van der Waals surface area contributed by atoms with Crippen LogP contribution < -0.4 is 16.0 Å². The van der Waals surface area contributed by atoms with Crippen LogP contribution >= 0.6 is 0 Å². The van der Waals surface area contributed by atoms with E-state index in [0.717, 1.165) is 18.9 Å². The number of hydrogen-bond acceptors (Lipinski definition) is 4. The summed E-state index contributed by atoms with van der Waals surface area (Å²) in [6.45, 7) is 1.38. The SMILES string of the molecule is N#CNC(=N)NCCCNc1ncc[nH]1. The summed E-state index contributed by atoms with van der Waals surface area (Å²) in [4.78, 5) is 6.91. The standard InChI is InChI=1S/C8H13N7/c9-6-15-7(10)11-2-1-3-12-8-13-4-5-14-8/h4-5H,1-3H2,(H3,10,11,15)(H2,12,13,14). The molecule has 0 unspecified atom stereocenters. The van der Waals surface area contributed by atoms with Gasteiger partial charge in [-0.15, -0.1) is 0 Å².